The van der Waals surface area contributed by atoms with Gasteiger partial charge in [0.2, 0.25) is 0 Å². The first-order valence-corrected chi connectivity index (χ1v) is 8.38. The molecule has 1 atom stereocenters. The van der Waals surface area contributed by atoms with E-state index in [1.54, 1.807) is 0 Å². The lowest BCUT2D eigenvalue weighted by Gasteiger charge is -2.12. The first kappa shape index (κ1) is 15.6. The second-order valence-corrected chi connectivity index (χ2v) is 6.95. The molecule has 1 unspecified atom stereocenters. The van der Waals surface area contributed by atoms with Crippen LogP contribution in [0.15, 0.2) is 33.6 Å². The van der Waals surface area contributed by atoms with Crippen molar-refractivity contribution in [2.45, 2.75) is 31.2 Å². The lowest BCUT2D eigenvalue weighted by molar-refractivity contribution is 0.651. The van der Waals surface area contributed by atoms with E-state index in [9.17, 15) is 0 Å². The fourth-order valence-electron chi connectivity index (χ4n) is 2.12. The molecule has 2 rings (SSSR count). The number of thioether (sulfide) groups is 1. The fourth-order valence-corrected chi connectivity index (χ4v) is 3.58. The van der Waals surface area contributed by atoms with Crippen molar-refractivity contribution in [1.29, 1.82) is 0 Å². The molecule has 0 bridgehead atoms. The summed E-state index contributed by atoms with van der Waals surface area (Å²) in [5.74, 6) is 0.903. The van der Waals surface area contributed by atoms with Crippen molar-refractivity contribution >= 4 is 27.7 Å². The van der Waals surface area contributed by atoms with Gasteiger partial charge in [-0.15, -0.1) is 11.8 Å². The number of halogens is 1. The van der Waals surface area contributed by atoms with Crippen molar-refractivity contribution in [2.24, 2.45) is 12.8 Å². The van der Waals surface area contributed by atoms with Crippen LogP contribution in [0.4, 0.5) is 0 Å². The van der Waals surface area contributed by atoms with Crippen LogP contribution >= 0.6 is 27.7 Å². The number of hydrogen-bond donors (Lipinski definition) is 1. The summed E-state index contributed by atoms with van der Waals surface area (Å²) in [4.78, 5) is 1.28. The molecule has 0 aliphatic carbocycles. The number of nitrogens with two attached hydrogens (primary N) is 1. The number of aryl methyl sites for hydroxylation is 3. The maximum absolute atomic E-state index is 6.26. The molecule has 0 saturated carbocycles. The molecule has 0 fully saturated rings. The Kier molecular flexibility index (Phi) is 5.29. The van der Waals surface area contributed by atoms with E-state index in [-0.39, 0.29) is 6.04 Å². The Morgan fingerprint density at radius 3 is 2.75 bits per heavy atom. The van der Waals surface area contributed by atoms with E-state index < -0.39 is 0 Å². The summed E-state index contributed by atoms with van der Waals surface area (Å²) in [6.07, 6.45) is 0.830. The molecular formula is C15H20BrN3S. The lowest BCUT2D eigenvalue weighted by Crippen LogP contribution is -2.26. The van der Waals surface area contributed by atoms with Gasteiger partial charge in [0.1, 0.15) is 0 Å². The molecule has 108 valence electrons. The van der Waals surface area contributed by atoms with E-state index in [4.69, 9.17) is 5.73 Å². The zero-order valence-corrected chi connectivity index (χ0v) is 14.5. The van der Waals surface area contributed by atoms with Gasteiger partial charge < -0.3 is 5.73 Å². The van der Waals surface area contributed by atoms with Crippen molar-refractivity contribution in [1.82, 2.24) is 9.78 Å². The average molecular weight is 354 g/mol. The van der Waals surface area contributed by atoms with E-state index in [1.807, 2.05) is 30.4 Å². The summed E-state index contributed by atoms with van der Waals surface area (Å²) in [7, 11) is 1.97. The van der Waals surface area contributed by atoms with Crippen LogP contribution in [0, 0.1) is 13.8 Å². The molecule has 20 heavy (non-hydrogen) atoms. The molecule has 1 aromatic carbocycles. The summed E-state index contributed by atoms with van der Waals surface area (Å²) >= 11 is 5.40. The lowest BCUT2D eigenvalue weighted by atomic mass is 10.2. The second-order valence-electron chi connectivity index (χ2n) is 5.06. The van der Waals surface area contributed by atoms with Gasteiger partial charge in [-0.2, -0.15) is 5.10 Å². The highest BCUT2D eigenvalue weighted by Crippen LogP contribution is 2.24. The van der Waals surface area contributed by atoms with Crippen molar-refractivity contribution in [2.75, 3.05) is 5.75 Å². The van der Waals surface area contributed by atoms with Crippen LogP contribution in [0.3, 0.4) is 0 Å². The molecule has 2 aromatic rings. The molecule has 2 N–H and O–H groups in total. The number of aromatic nitrogens is 2. The normalized spacial score (nSPS) is 12.7. The minimum absolute atomic E-state index is 0.117. The van der Waals surface area contributed by atoms with Crippen LogP contribution in [0.2, 0.25) is 0 Å². The van der Waals surface area contributed by atoms with Crippen LogP contribution in [-0.4, -0.2) is 21.6 Å². The highest BCUT2D eigenvalue weighted by Gasteiger charge is 2.14. The van der Waals surface area contributed by atoms with Gasteiger partial charge in [0.25, 0.3) is 0 Å². The predicted octanol–water partition coefficient (Wildman–Crippen LogP) is 3.46. The van der Waals surface area contributed by atoms with Gasteiger partial charge in [-0.05, 0) is 41.9 Å². The Hall–Kier alpha value is -0.780. The quantitative estimate of drug-likeness (QED) is 0.837. The zero-order chi connectivity index (χ0) is 14.7. The second kappa shape index (κ2) is 6.78. The third-order valence-electron chi connectivity index (χ3n) is 3.17. The zero-order valence-electron chi connectivity index (χ0n) is 12.1. The van der Waals surface area contributed by atoms with Gasteiger partial charge >= 0.3 is 0 Å². The maximum atomic E-state index is 6.26. The first-order chi connectivity index (χ1) is 9.47. The molecule has 1 aromatic heterocycles. The van der Waals surface area contributed by atoms with Crippen LogP contribution < -0.4 is 5.73 Å². The molecule has 0 aliphatic rings. The van der Waals surface area contributed by atoms with E-state index in [0.717, 1.165) is 22.3 Å². The average Bonchev–Trinajstić information content (AvgIpc) is 2.63. The Labute approximate surface area is 133 Å². The highest BCUT2D eigenvalue weighted by molar-refractivity contribution is 9.10. The van der Waals surface area contributed by atoms with Crippen molar-refractivity contribution in [3.8, 4) is 0 Å². The van der Waals surface area contributed by atoms with E-state index in [2.05, 4.69) is 52.2 Å². The Bertz CT molecular complexity index is 595. The first-order valence-electron chi connectivity index (χ1n) is 6.60. The minimum atomic E-state index is 0.117. The van der Waals surface area contributed by atoms with Gasteiger partial charge in [0, 0.05) is 30.2 Å². The molecule has 0 saturated heterocycles. The summed E-state index contributed by atoms with van der Waals surface area (Å²) in [5, 5.41) is 4.40. The number of rotatable bonds is 5. The van der Waals surface area contributed by atoms with Gasteiger partial charge in [-0.3, -0.25) is 4.68 Å². The van der Waals surface area contributed by atoms with Crippen LogP contribution in [0.1, 0.15) is 17.0 Å². The number of hydrogen-bond acceptors (Lipinski definition) is 3. The smallest absolute Gasteiger partial charge is 0.0738 e. The van der Waals surface area contributed by atoms with E-state index >= 15 is 0 Å². The van der Waals surface area contributed by atoms with Gasteiger partial charge in [0.05, 0.1) is 15.9 Å². The topological polar surface area (TPSA) is 43.8 Å². The molecule has 0 amide bonds. The van der Waals surface area contributed by atoms with E-state index in [0.29, 0.717) is 0 Å². The minimum Gasteiger partial charge on any atom is -0.327 e. The Balaban J connectivity index is 1.94. The van der Waals surface area contributed by atoms with Crippen LogP contribution in [0.5, 0.6) is 0 Å². The van der Waals surface area contributed by atoms with Gasteiger partial charge in [-0.1, -0.05) is 17.7 Å². The molecule has 0 aliphatic heterocycles. The summed E-state index contributed by atoms with van der Waals surface area (Å²) < 4.78 is 2.99. The molecule has 1 heterocycles. The molecule has 0 radical (unpaired) electrons. The van der Waals surface area contributed by atoms with Crippen LogP contribution in [0.25, 0.3) is 0 Å². The molecule has 5 heteroatoms. The standard InChI is InChI=1S/C15H20BrN3S/c1-10-5-4-6-13(7-10)20-9-12(17)8-14-15(16)11(2)18-19(14)3/h4-7,12H,8-9,17H2,1-3H3. The third kappa shape index (κ3) is 3.87. The SMILES string of the molecule is Cc1cccc(SCC(N)Cc2c(Br)c(C)nn2C)c1. The highest BCUT2D eigenvalue weighted by atomic mass is 79.9. The third-order valence-corrected chi connectivity index (χ3v) is 5.38. The predicted molar refractivity (Wildman–Crippen MR) is 89.2 cm³/mol. The van der Waals surface area contributed by atoms with Crippen molar-refractivity contribution in [3.05, 3.63) is 45.7 Å². The Morgan fingerprint density at radius 2 is 2.15 bits per heavy atom. The summed E-state index contributed by atoms with van der Waals surface area (Å²) in [6.45, 7) is 4.11. The number of nitrogens with zero attached hydrogens (tertiary/aromatic N) is 2. The summed E-state index contributed by atoms with van der Waals surface area (Å²) in [5.41, 5.74) is 9.72. The largest absolute Gasteiger partial charge is 0.327 e. The molecular weight excluding hydrogens is 334 g/mol. The van der Waals surface area contributed by atoms with Crippen molar-refractivity contribution in [3.63, 3.8) is 0 Å². The maximum Gasteiger partial charge on any atom is 0.0738 e. The fraction of sp³-hybridized carbons (Fsp3) is 0.400. The summed E-state index contributed by atoms with van der Waals surface area (Å²) in [6, 6.07) is 8.64. The molecule has 0 spiro atoms. The monoisotopic (exact) mass is 353 g/mol. The van der Waals surface area contributed by atoms with E-state index in [1.165, 1.54) is 16.2 Å². The number of benzene rings is 1. The van der Waals surface area contributed by atoms with Crippen molar-refractivity contribution < 1.29 is 0 Å². The molecule has 3 nitrogen and oxygen atoms in total. The van der Waals surface area contributed by atoms with Crippen LogP contribution in [-0.2, 0) is 13.5 Å². The Morgan fingerprint density at radius 1 is 1.40 bits per heavy atom. The van der Waals surface area contributed by atoms with Gasteiger partial charge in [0.15, 0.2) is 0 Å². The van der Waals surface area contributed by atoms with Gasteiger partial charge in [-0.25, -0.2) is 0 Å².